The summed E-state index contributed by atoms with van der Waals surface area (Å²) in [6.07, 6.45) is 1.11. The van der Waals surface area contributed by atoms with Crippen molar-refractivity contribution in [1.29, 1.82) is 0 Å². The highest BCUT2D eigenvalue weighted by molar-refractivity contribution is 5.86. The Balaban J connectivity index is 2.13. The molecule has 0 radical (unpaired) electrons. The fourth-order valence-electron chi connectivity index (χ4n) is 2.90. The summed E-state index contributed by atoms with van der Waals surface area (Å²) in [6.45, 7) is 8.42. The van der Waals surface area contributed by atoms with Crippen LogP contribution < -0.4 is 15.4 Å². The summed E-state index contributed by atoms with van der Waals surface area (Å²) in [5, 5.41) is 11.4. The molecule has 0 saturated carbocycles. The second-order valence-corrected chi connectivity index (χ2v) is 5.84. The van der Waals surface area contributed by atoms with Gasteiger partial charge in [0.2, 0.25) is 11.8 Å². The smallest absolute Gasteiger partial charge is 0.242 e. The number of carbonyl (C=O) groups is 1. The van der Waals surface area contributed by atoms with Crippen LogP contribution in [0.1, 0.15) is 30.2 Å². The number of carbonyl (C=O) groups excluding carboxylic acids is 1. The number of aryl methyl sites for hydroxylation is 3. The first kappa shape index (κ1) is 18.2. The van der Waals surface area contributed by atoms with Gasteiger partial charge in [-0.3, -0.25) is 4.79 Å². The third-order valence-electron chi connectivity index (χ3n) is 4.19. The molecule has 0 atom stereocenters. The van der Waals surface area contributed by atoms with Gasteiger partial charge >= 0.3 is 0 Å². The Labute approximate surface area is 142 Å². The Morgan fingerprint density at radius 2 is 2.04 bits per heavy atom. The maximum atomic E-state index is 12.0. The fourth-order valence-corrected chi connectivity index (χ4v) is 2.90. The number of ether oxygens (including phenoxy) is 1. The van der Waals surface area contributed by atoms with Gasteiger partial charge in [0.1, 0.15) is 0 Å². The van der Waals surface area contributed by atoms with Crippen LogP contribution in [0.15, 0.2) is 0 Å². The van der Waals surface area contributed by atoms with Crippen LogP contribution in [-0.4, -0.2) is 47.4 Å². The molecule has 0 aromatic carbocycles. The molecule has 2 aromatic rings. The molecule has 0 bridgehead atoms. The second kappa shape index (κ2) is 8.10. The van der Waals surface area contributed by atoms with Crippen molar-refractivity contribution in [3.8, 4) is 5.88 Å². The summed E-state index contributed by atoms with van der Waals surface area (Å²) >= 11 is 0. The van der Waals surface area contributed by atoms with Gasteiger partial charge in [0, 0.05) is 32.3 Å². The predicted octanol–water partition coefficient (Wildman–Crippen LogP) is 1.25. The summed E-state index contributed by atoms with van der Waals surface area (Å²) in [6, 6.07) is 0. The van der Waals surface area contributed by atoms with Gasteiger partial charge in [-0.15, -0.1) is 5.10 Å². The van der Waals surface area contributed by atoms with Crippen molar-refractivity contribution in [3.63, 3.8) is 0 Å². The van der Waals surface area contributed by atoms with Crippen LogP contribution in [0.4, 0.5) is 0 Å². The highest BCUT2D eigenvalue weighted by Crippen LogP contribution is 2.30. The first-order valence-corrected chi connectivity index (χ1v) is 8.33. The van der Waals surface area contributed by atoms with Gasteiger partial charge in [-0.25, -0.2) is 9.67 Å². The van der Waals surface area contributed by atoms with E-state index in [1.165, 1.54) is 0 Å². The van der Waals surface area contributed by atoms with Crippen molar-refractivity contribution >= 4 is 16.9 Å². The Morgan fingerprint density at radius 3 is 2.71 bits per heavy atom. The molecule has 0 saturated heterocycles. The maximum Gasteiger partial charge on any atom is 0.242 e. The van der Waals surface area contributed by atoms with Crippen LogP contribution in [0.5, 0.6) is 5.88 Å². The molecule has 0 aliphatic carbocycles. The van der Waals surface area contributed by atoms with Crippen LogP contribution in [0.2, 0.25) is 0 Å². The number of pyridine rings is 1. The number of nitrogens with zero attached hydrogens (tertiary/aromatic N) is 3. The molecule has 2 heterocycles. The van der Waals surface area contributed by atoms with Crippen molar-refractivity contribution < 1.29 is 9.53 Å². The van der Waals surface area contributed by atoms with Crippen LogP contribution in [0.25, 0.3) is 11.0 Å². The molecule has 2 aromatic heterocycles. The summed E-state index contributed by atoms with van der Waals surface area (Å²) < 4.78 is 7.10. The van der Waals surface area contributed by atoms with E-state index in [2.05, 4.69) is 20.7 Å². The lowest BCUT2D eigenvalue weighted by molar-refractivity contribution is -0.121. The average molecular weight is 333 g/mol. The molecule has 24 heavy (non-hydrogen) atoms. The molecule has 0 aliphatic heterocycles. The van der Waals surface area contributed by atoms with E-state index in [1.807, 2.05) is 27.8 Å². The zero-order valence-electron chi connectivity index (χ0n) is 15.2. The number of hydrogen-bond acceptors (Lipinski definition) is 5. The average Bonchev–Trinajstić information content (AvgIpc) is 2.87. The third-order valence-corrected chi connectivity index (χ3v) is 4.19. The lowest BCUT2D eigenvalue weighted by Gasteiger charge is -2.11. The quantitative estimate of drug-likeness (QED) is 0.711. The van der Waals surface area contributed by atoms with E-state index in [0.717, 1.165) is 40.9 Å². The van der Waals surface area contributed by atoms with Gasteiger partial charge in [0.15, 0.2) is 5.65 Å². The van der Waals surface area contributed by atoms with Crippen LogP contribution in [0.3, 0.4) is 0 Å². The summed E-state index contributed by atoms with van der Waals surface area (Å²) in [7, 11) is 3.46. The fraction of sp³-hybridized carbons (Fsp3) is 0.588. The summed E-state index contributed by atoms with van der Waals surface area (Å²) in [4.78, 5) is 16.6. The highest BCUT2D eigenvalue weighted by atomic mass is 16.5. The van der Waals surface area contributed by atoms with E-state index in [1.54, 1.807) is 11.8 Å². The van der Waals surface area contributed by atoms with Gasteiger partial charge in [0.25, 0.3) is 0 Å². The van der Waals surface area contributed by atoms with E-state index in [4.69, 9.17) is 4.74 Å². The highest BCUT2D eigenvalue weighted by Gasteiger charge is 2.18. The summed E-state index contributed by atoms with van der Waals surface area (Å²) in [5.74, 6) is 0.638. The van der Waals surface area contributed by atoms with Gasteiger partial charge in [-0.1, -0.05) is 6.92 Å². The molecule has 0 spiro atoms. The Morgan fingerprint density at radius 1 is 1.29 bits per heavy atom. The lowest BCUT2D eigenvalue weighted by atomic mass is 10.00. The first-order valence-electron chi connectivity index (χ1n) is 8.33. The van der Waals surface area contributed by atoms with E-state index >= 15 is 0 Å². The Hall–Kier alpha value is -2.15. The maximum absolute atomic E-state index is 12.0. The normalized spacial score (nSPS) is 11.0. The molecule has 132 valence electrons. The topological polar surface area (TPSA) is 81.1 Å². The molecule has 7 nitrogen and oxygen atoms in total. The predicted molar refractivity (Wildman–Crippen MR) is 94.4 cm³/mol. The SMILES string of the molecule is CCNCCNC(=O)CCc1c(C)nc2c(c(OC)nn2C)c1C. The monoisotopic (exact) mass is 333 g/mol. The Bertz CT molecular complexity index is 724. The minimum absolute atomic E-state index is 0.0601. The standard InChI is InChI=1S/C17H27N5O2/c1-6-18-9-10-19-14(23)8-7-13-11(2)15-16(20-12(13)3)22(4)21-17(15)24-5/h18H,6-10H2,1-5H3,(H,19,23). The summed E-state index contributed by atoms with van der Waals surface area (Å²) in [5.41, 5.74) is 3.92. The van der Waals surface area contributed by atoms with Crippen molar-refractivity contribution in [2.24, 2.45) is 7.05 Å². The van der Waals surface area contributed by atoms with E-state index in [0.29, 0.717) is 25.3 Å². The number of nitrogens with one attached hydrogen (secondary N) is 2. The van der Waals surface area contributed by atoms with E-state index in [-0.39, 0.29) is 5.91 Å². The number of aromatic nitrogens is 3. The van der Waals surface area contributed by atoms with Crippen LogP contribution in [-0.2, 0) is 18.3 Å². The number of methoxy groups -OCH3 is 1. The Kier molecular flexibility index (Phi) is 6.14. The number of rotatable bonds is 8. The molecule has 0 aliphatic rings. The molecule has 1 amide bonds. The van der Waals surface area contributed by atoms with E-state index < -0.39 is 0 Å². The zero-order valence-corrected chi connectivity index (χ0v) is 15.2. The van der Waals surface area contributed by atoms with Crippen molar-refractivity contribution in [3.05, 3.63) is 16.8 Å². The largest absolute Gasteiger partial charge is 0.479 e. The number of likely N-dealkylation sites (N-methyl/N-ethyl adjacent to an activating group) is 1. The number of hydrogen-bond donors (Lipinski definition) is 2. The molecule has 0 unspecified atom stereocenters. The first-order chi connectivity index (χ1) is 11.5. The van der Waals surface area contributed by atoms with Gasteiger partial charge in [-0.2, -0.15) is 0 Å². The molecule has 2 rings (SSSR count). The van der Waals surface area contributed by atoms with Crippen molar-refractivity contribution in [2.45, 2.75) is 33.6 Å². The third kappa shape index (κ3) is 3.84. The molecule has 7 heteroatoms. The minimum atomic E-state index is 0.0601. The molecular formula is C17H27N5O2. The zero-order chi connectivity index (χ0) is 17.7. The van der Waals surface area contributed by atoms with Gasteiger partial charge in [-0.05, 0) is 37.9 Å². The molecule has 2 N–H and O–H groups in total. The van der Waals surface area contributed by atoms with Crippen LogP contribution in [0, 0.1) is 13.8 Å². The second-order valence-electron chi connectivity index (χ2n) is 5.84. The van der Waals surface area contributed by atoms with Gasteiger partial charge < -0.3 is 15.4 Å². The number of amides is 1. The number of fused-ring (bicyclic) bond motifs is 1. The molecule has 0 fully saturated rings. The van der Waals surface area contributed by atoms with E-state index in [9.17, 15) is 4.79 Å². The lowest BCUT2D eigenvalue weighted by Crippen LogP contribution is -2.31. The van der Waals surface area contributed by atoms with Crippen LogP contribution >= 0.6 is 0 Å². The minimum Gasteiger partial charge on any atom is -0.479 e. The van der Waals surface area contributed by atoms with Crippen molar-refractivity contribution in [1.82, 2.24) is 25.4 Å². The molecular weight excluding hydrogens is 306 g/mol. The van der Waals surface area contributed by atoms with Crippen molar-refractivity contribution in [2.75, 3.05) is 26.7 Å². The van der Waals surface area contributed by atoms with Gasteiger partial charge in [0.05, 0.1) is 12.5 Å².